The highest BCUT2D eigenvalue weighted by Gasteiger charge is 2.03. The zero-order valence-corrected chi connectivity index (χ0v) is 10.6. The second kappa shape index (κ2) is 7.54. The van der Waals surface area contributed by atoms with Crippen molar-refractivity contribution in [2.45, 2.75) is 11.8 Å². The Hall–Kier alpha value is -0.720. The topological polar surface area (TPSA) is 52.4 Å². The molecule has 6 heteroatoms. The maximum Gasteiger partial charge on any atom is 0.269 e. The molecule has 0 radical (unpaired) electrons. The van der Waals surface area contributed by atoms with E-state index in [-0.39, 0.29) is 5.69 Å². The third kappa shape index (κ3) is 4.87. The fraction of sp³-hybridized carbons (Fsp3) is 0.400. The van der Waals surface area contributed by atoms with Crippen molar-refractivity contribution in [3.05, 3.63) is 34.4 Å². The molecule has 0 atom stereocenters. The maximum atomic E-state index is 10.4. The predicted octanol–water partition coefficient (Wildman–Crippen LogP) is 3.37. The number of rotatable bonds is 7. The summed E-state index contributed by atoms with van der Waals surface area (Å²) in [4.78, 5) is 11.0. The molecule has 4 nitrogen and oxygen atoms in total. The van der Waals surface area contributed by atoms with Crippen LogP contribution in [0.2, 0.25) is 0 Å². The number of nitro groups is 1. The Labute approximate surface area is 102 Å². The van der Waals surface area contributed by atoms with Gasteiger partial charge in [0.15, 0.2) is 0 Å². The van der Waals surface area contributed by atoms with Crippen LogP contribution in [0.25, 0.3) is 0 Å². The minimum atomic E-state index is -0.392. The smallest absolute Gasteiger partial charge is 0.269 e. The molecule has 1 aromatic carbocycles. The molecule has 0 spiro atoms. The number of hydrogen-bond donors (Lipinski definition) is 0. The lowest BCUT2D eigenvalue weighted by Crippen LogP contribution is -1.94. The average Bonchev–Trinajstić information content (AvgIpc) is 2.29. The lowest BCUT2D eigenvalue weighted by Gasteiger charge is -2.01. The van der Waals surface area contributed by atoms with Crippen LogP contribution in [0.15, 0.2) is 29.2 Å². The van der Waals surface area contributed by atoms with Crippen LogP contribution in [0.3, 0.4) is 0 Å². The van der Waals surface area contributed by atoms with Gasteiger partial charge < -0.3 is 4.74 Å². The van der Waals surface area contributed by atoms with E-state index < -0.39 is 4.92 Å². The van der Waals surface area contributed by atoms with Gasteiger partial charge in [-0.1, -0.05) is 21.6 Å². The summed E-state index contributed by atoms with van der Waals surface area (Å²) in [5.74, 6) is 0.912. The molecule has 1 aromatic rings. The van der Waals surface area contributed by atoms with Crippen molar-refractivity contribution < 1.29 is 9.66 Å². The summed E-state index contributed by atoms with van der Waals surface area (Å²) in [6.45, 7) is 3.44. The van der Waals surface area contributed by atoms with Crippen LogP contribution in [0.1, 0.15) is 6.92 Å². The SMILES string of the molecule is CCOCCSSc1ccc([N+](=O)[O-])cc1. The van der Waals surface area contributed by atoms with Gasteiger partial charge in [0.1, 0.15) is 0 Å². The number of nitrogens with zero attached hydrogens (tertiary/aromatic N) is 1. The molecule has 0 amide bonds. The van der Waals surface area contributed by atoms with Crippen molar-refractivity contribution in [1.82, 2.24) is 0 Å². The van der Waals surface area contributed by atoms with Crippen LogP contribution in [0.5, 0.6) is 0 Å². The Balaban J connectivity index is 2.29. The molecule has 88 valence electrons. The molecule has 0 unspecified atom stereocenters. The lowest BCUT2D eigenvalue weighted by atomic mass is 10.3. The Kier molecular flexibility index (Phi) is 6.29. The normalized spacial score (nSPS) is 10.3. The summed E-state index contributed by atoms with van der Waals surface area (Å²) >= 11 is 0. The molecule has 0 aliphatic heterocycles. The van der Waals surface area contributed by atoms with E-state index in [4.69, 9.17) is 4.74 Å². The van der Waals surface area contributed by atoms with Crippen molar-refractivity contribution in [1.29, 1.82) is 0 Å². The van der Waals surface area contributed by atoms with Gasteiger partial charge in [-0.3, -0.25) is 10.1 Å². The Bertz CT molecular complexity index is 329. The van der Waals surface area contributed by atoms with Crippen molar-refractivity contribution >= 4 is 27.3 Å². The number of benzene rings is 1. The van der Waals surface area contributed by atoms with E-state index in [2.05, 4.69) is 0 Å². The first-order valence-corrected chi connectivity index (χ1v) is 7.17. The quantitative estimate of drug-likeness (QED) is 0.325. The molecule has 0 fully saturated rings. The molecule has 0 aliphatic carbocycles. The molecular formula is C10H13NO3S2. The van der Waals surface area contributed by atoms with Crippen LogP contribution < -0.4 is 0 Å². The van der Waals surface area contributed by atoms with Gasteiger partial charge in [0.05, 0.1) is 11.5 Å². The summed E-state index contributed by atoms with van der Waals surface area (Å²) in [5.41, 5.74) is 0.128. The summed E-state index contributed by atoms with van der Waals surface area (Å²) in [5, 5.41) is 10.4. The van der Waals surface area contributed by atoms with Crippen molar-refractivity contribution in [2.75, 3.05) is 19.0 Å². The molecule has 0 aromatic heterocycles. The third-order valence-corrected chi connectivity index (χ3v) is 4.06. The summed E-state index contributed by atoms with van der Waals surface area (Å²) < 4.78 is 5.20. The Morgan fingerprint density at radius 3 is 2.62 bits per heavy atom. The molecule has 16 heavy (non-hydrogen) atoms. The first kappa shape index (κ1) is 13.3. The third-order valence-electron chi connectivity index (χ3n) is 1.72. The molecule has 0 N–H and O–H groups in total. The van der Waals surface area contributed by atoms with Gasteiger partial charge >= 0.3 is 0 Å². The van der Waals surface area contributed by atoms with Crippen molar-refractivity contribution in [2.24, 2.45) is 0 Å². The fourth-order valence-electron chi connectivity index (χ4n) is 0.970. The summed E-state index contributed by atoms with van der Waals surface area (Å²) in [7, 11) is 3.29. The number of hydrogen-bond acceptors (Lipinski definition) is 5. The minimum absolute atomic E-state index is 0.128. The van der Waals surface area contributed by atoms with E-state index in [1.165, 1.54) is 12.1 Å². The number of non-ortho nitro benzene ring substituents is 1. The zero-order chi connectivity index (χ0) is 11.8. The first-order chi connectivity index (χ1) is 7.74. The second-order valence-corrected chi connectivity index (χ2v) is 5.34. The van der Waals surface area contributed by atoms with E-state index in [0.29, 0.717) is 0 Å². The van der Waals surface area contributed by atoms with Gasteiger partial charge in [0.25, 0.3) is 5.69 Å². The van der Waals surface area contributed by atoms with Gasteiger partial charge in [-0.15, -0.1) is 0 Å². The largest absolute Gasteiger partial charge is 0.381 e. The molecule has 1 rings (SSSR count). The van der Waals surface area contributed by atoms with E-state index in [0.717, 1.165) is 23.9 Å². The van der Waals surface area contributed by atoms with E-state index in [1.807, 2.05) is 6.92 Å². The summed E-state index contributed by atoms with van der Waals surface area (Å²) in [6.07, 6.45) is 0. The van der Waals surface area contributed by atoms with Crippen LogP contribution in [0, 0.1) is 10.1 Å². The Morgan fingerprint density at radius 1 is 1.38 bits per heavy atom. The lowest BCUT2D eigenvalue weighted by molar-refractivity contribution is -0.384. The van der Waals surface area contributed by atoms with Crippen LogP contribution in [-0.4, -0.2) is 23.9 Å². The summed E-state index contributed by atoms with van der Waals surface area (Å²) in [6, 6.07) is 6.56. The number of ether oxygens (including phenoxy) is 1. The van der Waals surface area contributed by atoms with E-state index in [1.54, 1.807) is 33.7 Å². The van der Waals surface area contributed by atoms with Crippen molar-refractivity contribution in [3.8, 4) is 0 Å². The highest BCUT2D eigenvalue weighted by Crippen LogP contribution is 2.31. The van der Waals surface area contributed by atoms with Gasteiger partial charge in [-0.2, -0.15) is 0 Å². The van der Waals surface area contributed by atoms with Crippen LogP contribution >= 0.6 is 21.6 Å². The van der Waals surface area contributed by atoms with Crippen LogP contribution in [-0.2, 0) is 4.74 Å². The van der Waals surface area contributed by atoms with Gasteiger partial charge in [-0.05, 0) is 19.1 Å². The minimum Gasteiger partial charge on any atom is -0.381 e. The predicted molar refractivity (Wildman–Crippen MR) is 67.9 cm³/mol. The highest BCUT2D eigenvalue weighted by atomic mass is 33.1. The van der Waals surface area contributed by atoms with Gasteiger partial charge in [0.2, 0.25) is 0 Å². The molecule has 0 saturated carbocycles. The molecule has 0 bridgehead atoms. The van der Waals surface area contributed by atoms with Gasteiger partial charge in [-0.25, -0.2) is 0 Å². The van der Waals surface area contributed by atoms with E-state index in [9.17, 15) is 10.1 Å². The standard InChI is InChI=1S/C10H13NO3S2/c1-2-14-7-8-15-16-10-5-3-9(4-6-10)11(12)13/h3-6H,2,7-8H2,1H3. The van der Waals surface area contributed by atoms with E-state index >= 15 is 0 Å². The Morgan fingerprint density at radius 2 is 2.06 bits per heavy atom. The first-order valence-electron chi connectivity index (χ1n) is 4.85. The molecule has 0 heterocycles. The zero-order valence-electron chi connectivity index (χ0n) is 8.92. The monoisotopic (exact) mass is 259 g/mol. The number of nitro benzene ring substituents is 1. The molecule has 0 saturated heterocycles. The second-order valence-electron chi connectivity index (χ2n) is 2.85. The van der Waals surface area contributed by atoms with Gasteiger partial charge in [0, 0.05) is 29.4 Å². The van der Waals surface area contributed by atoms with Crippen molar-refractivity contribution in [3.63, 3.8) is 0 Å². The van der Waals surface area contributed by atoms with Crippen LogP contribution in [0.4, 0.5) is 5.69 Å². The maximum absolute atomic E-state index is 10.4. The average molecular weight is 259 g/mol. The molecular weight excluding hydrogens is 246 g/mol. The highest BCUT2D eigenvalue weighted by molar-refractivity contribution is 8.76. The fourth-order valence-corrected chi connectivity index (χ4v) is 2.82. The molecule has 0 aliphatic rings.